The molecule has 3 aromatic carbocycles. The van der Waals surface area contributed by atoms with E-state index in [1.165, 1.54) is 7.11 Å². The predicted octanol–water partition coefficient (Wildman–Crippen LogP) is 5.12. The van der Waals surface area contributed by atoms with Crippen LogP contribution in [0.4, 0.5) is 17.3 Å². The van der Waals surface area contributed by atoms with Gasteiger partial charge >= 0.3 is 0 Å². The second-order valence-corrected chi connectivity index (χ2v) is 12.0. The van der Waals surface area contributed by atoms with Gasteiger partial charge in [-0.1, -0.05) is 32.9 Å². The SMILES string of the molecule is COc1c(NC(=O)c2ccc(C)c(-c3ccc4nc(N)ncc4c3)c2)cc(C(C)(C)C)cc1NS(C)(=O)=O. The highest BCUT2D eigenvalue weighted by atomic mass is 32.2. The standard InChI is InChI=1S/C28H31N5O4S/c1-16-7-8-18(12-21(16)17-9-10-22-19(11-17)15-30-27(29)32-22)26(34)31-23-13-20(28(2,3)4)14-24(25(23)37-5)33-38(6,35)36/h7-15,33H,1-6H3,(H,31,34)(H2,29,30,32). The highest BCUT2D eigenvalue weighted by Crippen LogP contribution is 2.39. The maximum Gasteiger partial charge on any atom is 0.255 e. The molecule has 9 nitrogen and oxygen atoms in total. The van der Waals surface area contributed by atoms with Crippen LogP contribution in [-0.4, -0.2) is 37.7 Å². The summed E-state index contributed by atoms with van der Waals surface area (Å²) in [6, 6.07) is 14.7. The van der Waals surface area contributed by atoms with Crippen LogP contribution in [-0.2, 0) is 15.4 Å². The second kappa shape index (κ2) is 9.94. The number of hydrogen-bond donors (Lipinski definition) is 3. The first-order valence-electron chi connectivity index (χ1n) is 11.9. The zero-order valence-corrected chi connectivity index (χ0v) is 23.0. The van der Waals surface area contributed by atoms with E-state index in [0.29, 0.717) is 11.3 Å². The molecule has 10 heteroatoms. The fourth-order valence-corrected chi connectivity index (χ4v) is 4.69. The summed E-state index contributed by atoms with van der Waals surface area (Å²) < 4.78 is 32.1. The van der Waals surface area contributed by atoms with E-state index in [1.54, 1.807) is 24.4 Å². The molecule has 0 saturated heterocycles. The van der Waals surface area contributed by atoms with Crippen LogP contribution in [0.15, 0.2) is 54.7 Å². The van der Waals surface area contributed by atoms with Crippen LogP contribution >= 0.6 is 0 Å². The molecule has 0 fully saturated rings. The second-order valence-electron chi connectivity index (χ2n) is 10.2. The Hall–Kier alpha value is -4.18. The van der Waals surface area contributed by atoms with Crippen molar-refractivity contribution in [1.82, 2.24) is 9.97 Å². The minimum atomic E-state index is -3.59. The molecule has 1 heterocycles. The van der Waals surface area contributed by atoms with Gasteiger partial charge in [0, 0.05) is 17.1 Å². The summed E-state index contributed by atoms with van der Waals surface area (Å²) in [5.41, 5.74) is 10.8. The van der Waals surface area contributed by atoms with E-state index < -0.39 is 10.0 Å². The van der Waals surface area contributed by atoms with Gasteiger partial charge in [-0.2, -0.15) is 0 Å². The van der Waals surface area contributed by atoms with E-state index in [0.717, 1.165) is 39.4 Å². The van der Waals surface area contributed by atoms with Crippen molar-refractivity contribution < 1.29 is 17.9 Å². The molecular formula is C28H31N5O4S. The number of ether oxygens (including phenoxy) is 1. The lowest BCUT2D eigenvalue weighted by Gasteiger charge is -2.24. The van der Waals surface area contributed by atoms with Crippen LogP contribution in [0.25, 0.3) is 22.0 Å². The van der Waals surface area contributed by atoms with Gasteiger partial charge in [-0.15, -0.1) is 0 Å². The molecule has 0 atom stereocenters. The molecule has 0 saturated carbocycles. The van der Waals surface area contributed by atoms with Gasteiger partial charge in [0.05, 0.1) is 30.3 Å². The lowest BCUT2D eigenvalue weighted by Crippen LogP contribution is -2.18. The number of hydrogen-bond acceptors (Lipinski definition) is 7. The van der Waals surface area contributed by atoms with Crippen molar-refractivity contribution in [3.8, 4) is 16.9 Å². The number of carbonyl (C=O) groups is 1. The number of methoxy groups -OCH3 is 1. The Morgan fingerprint density at radius 3 is 2.39 bits per heavy atom. The normalized spacial score (nSPS) is 11.8. The molecule has 38 heavy (non-hydrogen) atoms. The zero-order chi connectivity index (χ0) is 27.8. The van der Waals surface area contributed by atoms with Crippen molar-refractivity contribution >= 4 is 44.2 Å². The number of rotatable bonds is 6. The monoisotopic (exact) mass is 533 g/mol. The molecule has 198 valence electrons. The minimum absolute atomic E-state index is 0.209. The number of aryl methyl sites for hydroxylation is 1. The fourth-order valence-electron chi connectivity index (χ4n) is 4.13. The Morgan fingerprint density at radius 2 is 1.74 bits per heavy atom. The van der Waals surface area contributed by atoms with Crippen LogP contribution in [0.5, 0.6) is 5.75 Å². The number of nitrogen functional groups attached to an aromatic ring is 1. The lowest BCUT2D eigenvalue weighted by atomic mass is 9.86. The number of amides is 1. The van der Waals surface area contributed by atoms with Gasteiger partial charge in [-0.25, -0.2) is 18.4 Å². The van der Waals surface area contributed by atoms with Gasteiger partial charge in [0.25, 0.3) is 5.91 Å². The summed E-state index contributed by atoms with van der Waals surface area (Å²) in [5, 5.41) is 3.75. The minimum Gasteiger partial charge on any atom is -0.492 e. The van der Waals surface area contributed by atoms with Gasteiger partial charge in [0.1, 0.15) is 0 Å². The number of benzene rings is 3. The van der Waals surface area contributed by atoms with Crippen LogP contribution in [0.1, 0.15) is 42.3 Å². The van der Waals surface area contributed by atoms with Crippen molar-refractivity contribution in [1.29, 1.82) is 0 Å². The van der Waals surface area contributed by atoms with Crippen LogP contribution in [0.2, 0.25) is 0 Å². The van der Waals surface area contributed by atoms with Gasteiger partial charge in [0.15, 0.2) is 5.75 Å². The summed E-state index contributed by atoms with van der Waals surface area (Å²) in [7, 11) is -2.16. The van der Waals surface area contributed by atoms with Gasteiger partial charge < -0.3 is 15.8 Å². The Bertz CT molecular complexity index is 1660. The Kier molecular flexibility index (Phi) is 7.03. The molecule has 0 spiro atoms. The van der Waals surface area contributed by atoms with Crippen molar-refractivity contribution in [2.24, 2.45) is 0 Å². The predicted molar refractivity (Wildman–Crippen MR) is 152 cm³/mol. The fraction of sp³-hybridized carbons (Fsp3) is 0.250. The smallest absolute Gasteiger partial charge is 0.255 e. The van der Waals surface area contributed by atoms with Crippen molar-refractivity contribution in [3.63, 3.8) is 0 Å². The molecule has 0 aliphatic carbocycles. The molecule has 1 aromatic heterocycles. The highest BCUT2D eigenvalue weighted by molar-refractivity contribution is 7.92. The number of anilines is 3. The number of aromatic nitrogens is 2. The first-order chi connectivity index (χ1) is 17.7. The van der Waals surface area contributed by atoms with Crippen molar-refractivity contribution in [3.05, 3.63) is 71.4 Å². The van der Waals surface area contributed by atoms with Gasteiger partial charge in [-0.05, 0) is 71.0 Å². The summed E-state index contributed by atoms with van der Waals surface area (Å²) in [5.74, 6) is 0.0664. The summed E-state index contributed by atoms with van der Waals surface area (Å²) in [6.07, 6.45) is 2.74. The number of nitrogens with one attached hydrogen (secondary N) is 2. The average Bonchev–Trinajstić information content (AvgIpc) is 2.82. The van der Waals surface area contributed by atoms with Gasteiger partial charge in [-0.3, -0.25) is 9.52 Å². The van der Waals surface area contributed by atoms with E-state index in [4.69, 9.17) is 10.5 Å². The highest BCUT2D eigenvalue weighted by Gasteiger charge is 2.22. The van der Waals surface area contributed by atoms with Gasteiger partial charge in [0.2, 0.25) is 16.0 Å². The van der Waals surface area contributed by atoms with E-state index >= 15 is 0 Å². The Morgan fingerprint density at radius 1 is 1.03 bits per heavy atom. The number of nitrogens with two attached hydrogens (primary N) is 1. The van der Waals surface area contributed by atoms with Crippen LogP contribution in [0.3, 0.4) is 0 Å². The first-order valence-corrected chi connectivity index (χ1v) is 13.8. The third-order valence-electron chi connectivity index (χ3n) is 6.11. The third kappa shape index (κ3) is 5.86. The third-order valence-corrected chi connectivity index (χ3v) is 6.70. The molecule has 0 bridgehead atoms. The van der Waals surface area contributed by atoms with Crippen LogP contribution in [0, 0.1) is 6.92 Å². The Labute approximate surface area is 222 Å². The molecule has 1 amide bonds. The van der Waals surface area contributed by atoms with E-state index in [-0.39, 0.29) is 28.7 Å². The maximum absolute atomic E-state index is 13.4. The molecule has 0 unspecified atom stereocenters. The summed E-state index contributed by atoms with van der Waals surface area (Å²) in [6.45, 7) is 7.97. The Balaban J connectivity index is 1.74. The largest absolute Gasteiger partial charge is 0.492 e. The van der Waals surface area contributed by atoms with E-state index in [2.05, 4.69) is 20.0 Å². The van der Waals surface area contributed by atoms with Crippen molar-refractivity contribution in [2.45, 2.75) is 33.1 Å². The molecule has 4 N–H and O–H groups in total. The molecule has 0 aliphatic heterocycles. The van der Waals surface area contributed by atoms with Crippen molar-refractivity contribution in [2.75, 3.05) is 29.1 Å². The topological polar surface area (TPSA) is 136 Å². The number of carbonyl (C=O) groups excluding carboxylic acids is 1. The molecule has 0 aliphatic rings. The maximum atomic E-state index is 13.4. The lowest BCUT2D eigenvalue weighted by molar-refractivity contribution is 0.102. The molecular weight excluding hydrogens is 502 g/mol. The zero-order valence-electron chi connectivity index (χ0n) is 22.2. The number of nitrogens with zero attached hydrogens (tertiary/aromatic N) is 2. The number of sulfonamides is 1. The van der Waals surface area contributed by atoms with E-state index in [9.17, 15) is 13.2 Å². The van der Waals surface area contributed by atoms with E-state index in [1.807, 2.05) is 58.0 Å². The number of fused-ring (bicyclic) bond motifs is 1. The van der Waals surface area contributed by atoms with Crippen LogP contribution < -0.4 is 20.5 Å². The molecule has 4 aromatic rings. The average molecular weight is 534 g/mol. The quantitative estimate of drug-likeness (QED) is 0.313. The summed E-state index contributed by atoms with van der Waals surface area (Å²) in [4.78, 5) is 21.8. The first kappa shape index (κ1) is 26.9. The molecule has 4 rings (SSSR count). The molecule has 0 radical (unpaired) electrons. The summed E-state index contributed by atoms with van der Waals surface area (Å²) >= 11 is 0.